The summed E-state index contributed by atoms with van der Waals surface area (Å²) in [7, 11) is 0. The minimum atomic E-state index is -1.56. The Morgan fingerprint density at radius 2 is 1.17 bits per heavy atom. The summed E-state index contributed by atoms with van der Waals surface area (Å²) < 4.78 is 0. The van der Waals surface area contributed by atoms with Crippen molar-refractivity contribution in [2.75, 3.05) is 0 Å². The van der Waals surface area contributed by atoms with Crippen LogP contribution in [0.2, 0.25) is 0 Å². The van der Waals surface area contributed by atoms with Crippen LogP contribution in [0.25, 0.3) is 0 Å². The van der Waals surface area contributed by atoms with Gasteiger partial charge in [-0.15, -0.1) is 0 Å². The van der Waals surface area contributed by atoms with Gasteiger partial charge in [0.15, 0.2) is 0 Å². The minimum Gasteiger partial charge on any atom is -0.478 e. The van der Waals surface area contributed by atoms with Crippen LogP contribution in [-0.4, -0.2) is 46.4 Å². The van der Waals surface area contributed by atoms with Gasteiger partial charge in [-0.1, -0.05) is 0 Å². The number of isocyanates is 2. The molecule has 0 aliphatic heterocycles. The highest BCUT2D eigenvalue weighted by molar-refractivity contribution is 6.00. The van der Waals surface area contributed by atoms with Crippen LogP contribution in [0.1, 0.15) is 13.8 Å². The number of hydrogen-bond acceptors (Lipinski definition) is 6. The van der Waals surface area contributed by atoms with Gasteiger partial charge in [0.05, 0.1) is 23.2 Å². The third-order valence-electron chi connectivity index (χ3n) is 2.08. The van der Waals surface area contributed by atoms with Crippen LogP contribution in [0.5, 0.6) is 0 Å². The predicted molar refractivity (Wildman–Crippen MR) is 57.5 cm³/mol. The summed E-state index contributed by atoms with van der Waals surface area (Å²) >= 11 is 0. The Bertz CT molecular complexity index is 439. The maximum absolute atomic E-state index is 11.0. The number of nitrogens with zero attached hydrogens (tertiary/aromatic N) is 2. The highest BCUT2D eigenvalue weighted by Gasteiger charge is 2.28. The Morgan fingerprint density at radius 3 is 1.33 bits per heavy atom. The number of aliphatic imine (C=N–C) groups is 2. The van der Waals surface area contributed by atoms with E-state index in [1.807, 2.05) is 0 Å². The lowest BCUT2D eigenvalue weighted by atomic mass is 9.97. The van der Waals surface area contributed by atoms with Gasteiger partial charge in [0.2, 0.25) is 12.2 Å². The summed E-state index contributed by atoms with van der Waals surface area (Å²) in [6.07, 6.45) is 2.29. The molecule has 0 amide bonds. The molecule has 0 fully saturated rings. The van der Waals surface area contributed by atoms with E-state index in [-0.39, 0.29) is 0 Å². The van der Waals surface area contributed by atoms with Crippen LogP contribution in [0.15, 0.2) is 21.1 Å². The molecule has 2 N–H and O–H groups in total. The molecule has 0 saturated carbocycles. The standard InChI is InChI=1S/C10H10N2O6/c1-5(11-3-13)7(9(15)16)8(10(17)18)6(2)12-4-14/h5-6H,1-2H3,(H,15,16)(H,17,18). The molecule has 0 rings (SSSR count). The summed E-state index contributed by atoms with van der Waals surface area (Å²) in [6, 6.07) is -2.43. The number of carboxylic acid groups (broad SMARTS) is 2. The van der Waals surface area contributed by atoms with Crippen LogP contribution < -0.4 is 0 Å². The Hall–Kier alpha value is -2.56. The number of carbonyl (C=O) groups excluding carboxylic acids is 2. The highest BCUT2D eigenvalue weighted by atomic mass is 16.4. The van der Waals surface area contributed by atoms with E-state index in [1.165, 1.54) is 13.8 Å². The van der Waals surface area contributed by atoms with E-state index < -0.39 is 35.2 Å². The van der Waals surface area contributed by atoms with Crippen molar-refractivity contribution >= 4 is 24.1 Å². The smallest absolute Gasteiger partial charge is 0.334 e. The van der Waals surface area contributed by atoms with Crippen molar-refractivity contribution in [3.8, 4) is 0 Å². The lowest BCUT2D eigenvalue weighted by molar-refractivity contribution is -0.136. The average molecular weight is 254 g/mol. The van der Waals surface area contributed by atoms with Crippen molar-refractivity contribution < 1.29 is 29.4 Å². The molecule has 0 saturated heterocycles. The first-order valence-electron chi connectivity index (χ1n) is 4.71. The minimum absolute atomic E-state index is 0.627. The number of rotatable bonds is 6. The van der Waals surface area contributed by atoms with Crippen molar-refractivity contribution in [2.45, 2.75) is 25.9 Å². The largest absolute Gasteiger partial charge is 0.478 e. The predicted octanol–water partition coefficient (Wildman–Crippen LogP) is -0.0992. The molecule has 8 nitrogen and oxygen atoms in total. The third kappa shape index (κ3) is 3.79. The quantitative estimate of drug-likeness (QED) is 0.386. The average Bonchev–Trinajstić information content (AvgIpc) is 2.24. The van der Waals surface area contributed by atoms with Crippen molar-refractivity contribution in [1.82, 2.24) is 0 Å². The SMILES string of the molecule is CC(N=C=O)C(C(=O)O)=C(C(=O)O)C(C)N=C=O. The van der Waals surface area contributed by atoms with Gasteiger partial charge in [-0.05, 0) is 13.8 Å². The van der Waals surface area contributed by atoms with Gasteiger partial charge in [-0.2, -0.15) is 9.98 Å². The molecule has 0 spiro atoms. The normalized spacial score (nSPS) is 14.3. The Balaban J connectivity index is 6.03. The van der Waals surface area contributed by atoms with E-state index in [0.29, 0.717) is 0 Å². The van der Waals surface area contributed by atoms with Gasteiger partial charge >= 0.3 is 11.9 Å². The summed E-state index contributed by atoms with van der Waals surface area (Å²) in [4.78, 5) is 48.5. The molecule has 0 aromatic carbocycles. The fraction of sp³-hybridized carbons (Fsp3) is 0.400. The first kappa shape index (κ1) is 15.4. The van der Waals surface area contributed by atoms with E-state index in [0.717, 1.165) is 12.2 Å². The van der Waals surface area contributed by atoms with E-state index in [9.17, 15) is 19.2 Å². The molecule has 2 atom stereocenters. The number of aliphatic carboxylic acids is 2. The monoisotopic (exact) mass is 254 g/mol. The second-order valence-corrected chi connectivity index (χ2v) is 3.23. The van der Waals surface area contributed by atoms with E-state index in [4.69, 9.17) is 10.2 Å². The van der Waals surface area contributed by atoms with Gasteiger partial charge in [-0.25, -0.2) is 19.2 Å². The molecule has 0 aliphatic rings. The molecular weight excluding hydrogens is 244 g/mol. The third-order valence-corrected chi connectivity index (χ3v) is 2.08. The van der Waals surface area contributed by atoms with Gasteiger partial charge in [0.25, 0.3) is 0 Å². The number of carbonyl (C=O) groups is 2. The highest BCUT2D eigenvalue weighted by Crippen LogP contribution is 2.18. The van der Waals surface area contributed by atoms with Gasteiger partial charge in [0.1, 0.15) is 0 Å². The van der Waals surface area contributed by atoms with Crippen LogP contribution in [0.3, 0.4) is 0 Å². The second-order valence-electron chi connectivity index (χ2n) is 3.23. The molecule has 0 radical (unpaired) electrons. The van der Waals surface area contributed by atoms with Crippen molar-refractivity contribution in [1.29, 1.82) is 0 Å². The van der Waals surface area contributed by atoms with Gasteiger partial charge in [0, 0.05) is 0 Å². The molecule has 18 heavy (non-hydrogen) atoms. The molecule has 0 heterocycles. The maximum Gasteiger partial charge on any atom is 0.334 e. The fourth-order valence-electron chi connectivity index (χ4n) is 1.33. The Morgan fingerprint density at radius 1 is 0.889 bits per heavy atom. The zero-order valence-electron chi connectivity index (χ0n) is 9.58. The second kappa shape index (κ2) is 6.90. The van der Waals surface area contributed by atoms with Crippen LogP contribution in [0.4, 0.5) is 0 Å². The van der Waals surface area contributed by atoms with E-state index in [2.05, 4.69) is 9.98 Å². The molecule has 0 bridgehead atoms. The zero-order valence-corrected chi connectivity index (χ0v) is 9.58. The molecule has 0 aliphatic carbocycles. The lowest BCUT2D eigenvalue weighted by Gasteiger charge is -2.13. The maximum atomic E-state index is 11.0. The molecular formula is C10H10N2O6. The summed E-state index contributed by atoms with van der Waals surface area (Å²) in [6.45, 7) is 2.43. The lowest BCUT2D eigenvalue weighted by Crippen LogP contribution is -2.24. The fourth-order valence-corrected chi connectivity index (χ4v) is 1.33. The molecule has 2 unspecified atom stereocenters. The summed E-state index contributed by atoms with van der Waals surface area (Å²) in [5, 5.41) is 17.9. The van der Waals surface area contributed by atoms with E-state index in [1.54, 1.807) is 0 Å². The van der Waals surface area contributed by atoms with Gasteiger partial charge < -0.3 is 10.2 Å². The van der Waals surface area contributed by atoms with E-state index >= 15 is 0 Å². The summed E-state index contributed by atoms with van der Waals surface area (Å²) in [5.74, 6) is -3.13. The first-order chi connectivity index (χ1) is 8.36. The Labute approximate surface area is 101 Å². The van der Waals surface area contributed by atoms with Crippen LogP contribution >= 0.6 is 0 Å². The van der Waals surface area contributed by atoms with Crippen molar-refractivity contribution in [2.24, 2.45) is 9.98 Å². The molecule has 0 aromatic heterocycles. The number of carboxylic acids is 2. The summed E-state index contributed by atoms with van der Waals surface area (Å²) in [5.41, 5.74) is -1.25. The zero-order chi connectivity index (χ0) is 14.3. The van der Waals surface area contributed by atoms with Crippen molar-refractivity contribution in [3.63, 3.8) is 0 Å². The van der Waals surface area contributed by atoms with Crippen LogP contribution in [0, 0.1) is 0 Å². The number of hydrogen-bond donors (Lipinski definition) is 2. The topological polar surface area (TPSA) is 133 Å². The molecule has 96 valence electrons. The molecule has 8 heteroatoms. The van der Waals surface area contributed by atoms with Crippen molar-refractivity contribution in [3.05, 3.63) is 11.1 Å². The Kier molecular flexibility index (Phi) is 5.92. The van der Waals surface area contributed by atoms with Crippen LogP contribution in [-0.2, 0) is 19.2 Å². The molecule has 0 aromatic rings. The first-order valence-corrected chi connectivity index (χ1v) is 4.71. The van der Waals surface area contributed by atoms with Gasteiger partial charge in [-0.3, -0.25) is 0 Å².